The smallest absolute Gasteiger partial charge is 0.191 e. The number of aldehydes is 1. The van der Waals surface area contributed by atoms with Gasteiger partial charge in [0.2, 0.25) is 0 Å². The van der Waals surface area contributed by atoms with E-state index in [0.29, 0.717) is 11.5 Å². The lowest BCUT2D eigenvalue weighted by Crippen LogP contribution is -1.90. The molecule has 2 rings (SSSR count). The molecule has 0 saturated carbocycles. The van der Waals surface area contributed by atoms with Crippen molar-refractivity contribution in [2.45, 2.75) is 26.7 Å². The first-order valence-corrected chi connectivity index (χ1v) is 5.64. The number of carbonyl (C=O) groups is 1. The molecule has 0 atom stereocenters. The number of nitrogens with zero attached hydrogens (tertiary/aromatic N) is 1. The first kappa shape index (κ1) is 11.6. The highest BCUT2D eigenvalue weighted by Gasteiger charge is 2.16. The van der Waals surface area contributed by atoms with Crippen LogP contribution in [0.1, 0.15) is 41.8 Å². The zero-order chi connectivity index (χ0) is 12.4. The number of hydrogen-bond donors (Lipinski definition) is 0. The average molecular weight is 229 g/mol. The highest BCUT2D eigenvalue weighted by atomic mass is 16.4. The molecule has 1 aromatic carbocycles. The van der Waals surface area contributed by atoms with Crippen molar-refractivity contribution in [3.8, 4) is 11.3 Å². The van der Waals surface area contributed by atoms with Gasteiger partial charge in [-0.2, -0.15) is 0 Å². The molecule has 3 nitrogen and oxygen atoms in total. The van der Waals surface area contributed by atoms with Gasteiger partial charge in [-0.15, -0.1) is 0 Å². The fraction of sp³-hybridized carbons (Fsp3) is 0.286. The van der Waals surface area contributed by atoms with E-state index in [1.807, 2.05) is 25.1 Å². The van der Waals surface area contributed by atoms with Crippen LogP contribution in [0, 0.1) is 6.92 Å². The minimum atomic E-state index is 0.270. The van der Waals surface area contributed by atoms with E-state index in [1.165, 1.54) is 0 Å². The van der Waals surface area contributed by atoms with Gasteiger partial charge in [0.25, 0.3) is 0 Å². The quantitative estimate of drug-likeness (QED) is 0.755. The van der Waals surface area contributed by atoms with Crippen LogP contribution in [0.3, 0.4) is 0 Å². The number of hydrogen-bond acceptors (Lipinski definition) is 3. The van der Waals surface area contributed by atoms with Crippen LogP contribution in [-0.4, -0.2) is 11.3 Å². The number of benzene rings is 1. The lowest BCUT2D eigenvalue weighted by Gasteiger charge is -2.04. The Morgan fingerprint density at radius 1 is 1.35 bits per heavy atom. The predicted octanol–water partition coefficient (Wildman–Crippen LogP) is 3.59. The fourth-order valence-corrected chi connectivity index (χ4v) is 1.80. The van der Waals surface area contributed by atoms with Gasteiger partial charge in [0.15, 0.2) is 5.89 Å². The number of rotatable bonds is 3. The van der Waals surface area contributed by atoms with Gasteiger partial charge in [-0.05, 0) is 6.07 Å². The molecule has 1 heterocycles. The molecule has 2 aromatic rings. The van der Waals surface area contributed by atoms with Crippen LogP contribution in [0.2, 0.25) is 0 Å². The minimum Gasteiger partial charge on any atom is -0.445 e. The molecule has 0 aliphatic carbocycles. The Morgan fingerprint density at radius 3 is 2.76 bits per heavy atom. The van der Waals surface area contributed by atoms with Gasteiger partial charge in [0.05, 0.1) is 0 Å². The molecular formula is C14H15NO2. The Kier molecular flexibility index (Phi) is 3.09. The molecule has 0 bridgehead atoms. The van der Waals surface area contributed by atoms with Crippen molar-refractivity contribution in [1.82, 2.24) is 4.98 Å². The molecule has 1 aromatic heterocycles. The van der Waals surface area contributed by atoms with Crippen LogP contribution in [0.5, 0.6) is 0 Å². The number of aromatic nitrogens is 1. The van der Waals surface area contributed by atoms with Crippen LogP contribution >= 0.6 is 0 Å². The van der Waals surface area contributed by atoms with Gasteiger partial charge in [-0.25, -0.2) is 4.98 Å². The maximum Gasteiger partial charge on any atom is 0.191 e. The van der Waals surface area contributed by atoms with Gasteiger partial charge >= 0.3 is 0 Å². The third-order valence-corrected chi connectivity index (χ3v) is 2.58. The van der Waals surface area contributed by atoms with Crippen molar-refractivity contribution in [3.05, 3.63) is 41.5 Å². The second-order valence-corrected chi connectivity index (χ2v) is 4.34. The SMILES string of the molecule is Cc1nc(-c2cccc(C=O)c2)c(C(C)C)o1. The van der Waals surface area contributed by atoms with E-state index < -0.39 is 0 Å². The summed E-state index contributed by atoms with van der Waals surface area (Å²) >= 11 is 0. The lowest BCUT2D eigenvalue weighted by molar-refractivity contribution is 0.112. The maximum atomic E-state index is 10.8. The van der Waals surface area contributed by atoms with Crippen molar-refractivity contribution in [2.24, 2.45) is 0 Å². The summed E-state index contributed by atoms with van der Waals surface area (Å²) in [5.41, 5.74) is 2.41. The summed E-state index contributed by atoms with van der Waals surface area (Å²) in [7, 11) is 0. The summed E-state index contributed by atoms with van der Waals surface area (Å²) < 4.78 is 5.60. The van der Waals surface area contributed by atoms with E-state index in [2.05, 4.69) is 18.8 Å². The molecule has 0 aliphatic rings. The zero-order valence-electron chi connectivity index (χ0n) is 10.2. The van der Waals surface area contributed by atoms with Crippen LogP contribution in [0.15, 0.2) is 28.7 Å². The van der Waals surface area contributed by atoms with Gasteiger partial charge < -0.3 is 4.42 Å². The molecule has 3 heteroatoms. The number of oxazole rings is 1. The fourth-order valence-electron chi connectivity index (χ4n) is 1.80. The monoisotopic (exact) mass is 229 g/mol. The second kappa shape index (κ2) is 4.53. The highest BCUT2D eigenvalue weighted by Crippen LogP contribution is 2.29. The normalized spacial score (nSPS) is 10.8. The van der Waals surface area contributed by atoms with Crippen molar-refractivity contribution in [3.63, 3.8) is 0 Å². The Balaban J connectivity index is 2.55. The highest BCUT2D eigenvalue weighted by molar-refractivity contribution is 5.78. The maximum absolute atomic E-state index is 10.8. The van der Waals surface area contributed by atoms with Gasteiger partial charge in [-0.3, -0.25) is 4.79 Å². The van der Waals surface area contributed by atoms with Crippen LogP contribution < -0.4 is 0 Å². The predicted molar refractivity (Wildman–Crippen MR) is 66.2 cm³/mol. The summed E-state index contributed by atoms with van der Waals surface area (Å²) in [6.45, 7) is 5.96. The molecule has 0 fully saturated rings. The van der Waals surface area contributed by atoms with Crippen LogP contribution in [-0.2, 0) is 0 Å². The summed E-state index contributed by atoms with van der Waals surface area (Å²) in [6, 6.07) is 7.40. The van der Waals surface area contributed by atoms with Crippen molar-refractivity contribution in [1.29, 1.82) is 0 Å². The first-order chi connectivity index (χ1) is 8.11. The van der Waals surface area contributed by atoms with Crippen LogP contribution in [0.25, 0.3) is 11.3 Å². The first-order valence-electron chi connectivity index (χ1n) is 5.64. The molecular weight excluding hydrogens is 214 g/mol. The standard InChI is InChI=1S/C14H15NO2/c1-9(2)14-13(15-10(3)17-14)12-6-4-5-11(7-12)8-16/h4-9H,1-3H3. The third-order valence-electron chi connectivity index (χ3n) is 2.58. The molecule has 0 saturated heterocycles. The molecule has 0 unspecified atom stereocenters. The molecule has 0 amide bonds. The molecule has 0 radical (unpaired) electrons. The Morgan fingerprint density at radius 2 is 2.12 bits per heavy atom. The molecule has 88 valence electrons. The van der Waals surface area contributed by atoms with E-state index in [1.54, 1.807) is 6.07 Å². The largest absolute Gasteiger partial charge is 0.445 e. The average Bonchev–Trinajstić information content (AvgIpc) is 2.72. The minimum absolute atomic E-state index is 0.270. The molecule has 17 heavy (non-hydrogen) atoms. The van der Waals surface area contributed by atoms with E-state index in [-0.39, 0.29) is 5.92 Å². The Labute approximate surface area is 100 Å². The lowest BCUT2D eigenvalue weighted by atomic mass is 10.0. The summed E-state index contributed by atoms with van der Waals surface area (Å²) in [6.07, 6.45) is 0.839. The zero-order valence-corrected chi connectivity index (χ0v) is 10.2. The summed E-state index contributed by atoms with van der Waals surface area (Å²) in [5.74, 6) is 1.79. The third kappa shape index (κ3) is 2.28. The number of carbonyl (C=O) groups excluding carboxylic acids is 1. The van der Waals surface area contributed by atoms with Gasteiger partial charge in [0, 0.05) is 24.0 Å². The van der Waals surface area contributed by atoms with E-state index in [4.69, 9.17) is 4.42 Å². The Hall–Kier alpha value is -1.90. The second-order valence-electron chi connectivity index (χ2n) is 4.34. The Bertz CT molecular complexity index is 541. The van der Waals surface area contributed by atoms with Crippen molar-refractivity contribution >= 4 is 6.29 Å². The van der Waals surface area contributed by atoms with E-state index in [9.17, 15) is 4.79 Å². The van der Waals surface area contributed by atoms with Crippen molar-refractivity contribution in [2.75, 3.05) is 0 Å². The molecule has 0 aliphatic heterocycles. The van der Waals surface area contributed by atoms with E-state index >= 15 is 0 Å². The van der Waals surface area contributed by atoms with E-state index in [0.717, 1.165) is 23.3 Å². The van der Waals surface area contributed by atoms with Gasteiger partial charge in [0.1, 0.15) is 17.7 Å². The van der Waals surface area contributed by atoms with Crippen molar-refractivity contribution < 1.29 is 9.21 Å². The summed E-state index contributed by atoms with van der Waals surface area (Å²) in [5, 5.41) is 0. The molecule has 0 N–H and O–H groups in total. The van der Waals surface area contributed by atoms with Gasteiger partial charge in [-0.1, -0.05) is 32.0 Å². The number of aryl methyl sites for hydroxylation is 1. The topological polar surface area (TPSA) is 43.1 Å². The molecule has 0 spiro atoms. The summed E-state index contributed by atoms with van der Waals surface area (Å²) in [4.78, 5) is 15.2. The van der Waals surface area contributed by atoms with Crippen LogP contribution in [0.4, 0.5) is 0 Å².